The number of hydrogen-bond donors (Lipinski definition) is 1. The summed E-state index contributed by atoms with van der Waals surface area (Å²) in [5, 5.41) is 10.9. The molecule has 1 fully saturated rings. The Hall–Kier alpha value is -1.82. The molecular weight excluding hydrogens is 248 g/mol. The van der Waals surface area contributed by atoms with Gasteiger partial charge in [-0.05, 0) is 38.3 Å². The number of rotatable bonds is 6. The molecule has 0 radical (unpaired) electrons. The van der Waals surface area contributed by atoms with Crippen molar-refractivity contribution >= 4 is 5.69 Å². The van der Waals surface area contributed by atoms with Gasteiger partial charge in [0, 0.05) is 12.1 Å². The van der Waals surface area contributed by atoms with Crippen molar-refractivity contribution in [3.63, 3.8) is 0 Å². The van der Waals surface area contributed by atoms with Crippen LogP contribution in [0.1, 0.15) is 19.8 Å². The fourth-order valence-electron chi connectivity index (χ4n) is 2.15. The van der Waals surface area contributed by atoms with Gasteiger partial charge in [-0.1, -0.05) is 0 Å². The van der Waals surface area contributed by atoms with Gasteiger partial charge in [-0.3, -0.25) is 10.1 Å². The number of nitrogens with zero attached hydrogens (tertiary/aromatic N) is 1. The van der Waals surface area contributed by atoms with Crippen LogP contribution in [0.25, 0.3) is 0 Å². The van der Waals surface area contributed by atoms with Crippen LogP contribution in [0, 0.1) is 16.0 Å². The fraction of sp³-hybridized carbons (Fsp3) is 0.538. The molecule has 1 aromatic carbocycles. The molecule has 6 nitrogen and oxygen atoms in total. The molecule has 0 unspecified atom stereocenters. The maximum Gasteiger partial charge on any atom is 0.311 e. The van der Waals surface area contributed by atoms with Crippen LogP contribution < -0.4 is 15.2 Å². The van der Waals surface area contributed by atoms with E-state index in [4.69, 9.17) is 15.2 Å². The lowest BCUT2D eigenvalue weighted by molar-refractivity contribution is -0.385. The number of benzene rings is 1. The van der Waals surface area contributed by atoms with Crippen LogP contribution in [0.4, 0.5) is 5.69 Å². The number of nitrogens with two attached hydrogens (primary N) is 1. The highest BCUT2D eigenvalue weighted by Crippen LogP contribution is 2.35. The summed E-state index contributed by atoms with van der Waals surface area (Å²) in [4.78, 5) is 10.4. The van der Waals surface area contributed by atoms with E-state index in [1.165, 1.54) is 6.07 Å². The summed E-state index contributed by atoms with van der Waals surface area (Å²) in [6.07, 6.45) is 2.04. The van der Waals surface area contributed by atoms with Crippen LogP contribution in [0.15, 0.2) is 18.2 Å². The van der Waals surface area contributed by atoms with Crippen molar-refractivity contribution < 1.29 is 14.4 Å². The highest BCUT2D eigenvalue weighted by molar-refractivity contribution is 5.50. The van der Waals surface area contributed by atoms with Gasteiger partial charge in [-0.15, -0.1) is 0 Å². The van der Waals surface area contributed by atoms with E-state index in [-0.39, 0.29) is 17.5 Å². The topological polar surface area (TPSA) is 87.6 Å². The molecule has 2 N–H and O–H groups in total. The Kier molecular flexibility index (Phi) is 4.21. The summed E-state index contributed by atoms with van der Waals surface area (Å²) >= 11 is 0. The average Bonchev–Trinajstić information content (AvgIpc) is 2.33. The Morgan fingerprint density at radius 3 is 2.79 bits per heavy atom. The number of ether oxygens (including phenoxy) is 2. The number of nitro groups is 1. The normalized spacial score (nSPS) is 21.6. The minimum absolute atomic E-state index is 0.0392. The number of nitro benzene ring substituents is 1. The fourth-order valence-corrected chi connectivity index (χ4v) is 2.15. The van der Waals surface area contributed by atoms with Gasteiger partial charge >= 0.3 is 5.69 Å². The van der Waals surface area contributed by atoms with Crippen LogP contribution in [0.5, 0.6) is 11.5 Å². The first kappa shape index (κ1) is 13.6. The zero-order chi connectivity index (χ0) is 13.8. The summed E-state index contributed by atoms with van der Waals surface area (Å²) in [5.74, 6) is 1.39. The minimum atomic E-state index is -0.456. The predicted molar refractivity (Wildman–Crippen MR) is 70.5 cm³/mol. The van der Waals surface area contributed by atoms with E-state index in [1.807, 2.05) is 0 Å². The first-order valence-electron chi connectivity index (χ1n) is 6.42. The molecule has 6 heteroatoms. The van der Waals surface area contributed by atoms with Gasteiger partial charge in [0.05, 0.1) is 17.6 Å². The van der Waals surface area contributed by atoms with Crippen molar-refractivity contribution in [1.82, 2.24) is 0 Å². The monoisotopic (exact) mass is 266 g/mol. The Morgan fingerprint density at radius 1 is 1.47 bits per heavy atom. The molecule has 0 bridgehead atoms. The van der Waals surface area contributed by atoms with E-state index in [0.29, 0.717) is 24.8 Å². The lowest BCUT2D eigenvalue weighted by Gasteiger charge is -2.34. The second kappa shape index (κ2) is 5.88. The third kappa shape index (κ3) is 3.14. The third-order valence-corrected chi connectivity index (χ3v) is 3.26. The van der Waals surface area contributed by atoms with Gasteiger partial charge < -0.3 is 15.2 Å². The van der Waals surface area contributed by atoms with Crippen molar-refractivity contribution in [2.75, 3.05) is 13.2 Å². The Bertz CT molecular complexity index is 458. The molecule has 1 saturated carbocycles. The summed E-state index contributed by atoms with van der Waals surface area (Å²) in [7, 11) is 0. The van der Waals surface area contributed by atoms with Crippen molar-refractivity contribution in [2.45, 2.75) is 25.9 Å². The zero-order valence-electron chi connectivity index (χ0n) is 10.9. The van der Waals surface area contributed by atoms with E-state index in [0.717, 1.165) is 12.8 Å². The van der Waals surface area contributed by atoms with E-state index >= 15 is 0 Å². The molecule has 19 heavy (non-hydrogen) atoms. The van der Waals surface area contributed by atoms with Crippen LogP contribution in [0.3, 0.4) is 0 Å². The predicted octanol–water partition coefficient (Wildman–Crippen LogP) is 2.11. The highest BCUT2D eigenvalue weighted by Gasteiger charge is 2.30. The molecule has 0 aliphatic heterocycles. The van der Waals surface area contributed by atoms with E-state index in [2.05, 4.69) is 0 Å². The van der Waals surface area contributed by atoms with Gasteiger partial charge in [0.1, 0.15) is 5.75 Å². The van der Waals surface area contributed by atoms with Gasteiger partial charge in [-0.25, -0.2) is 0 Å². The molecule has 1 aliphatic rings. The van der Waals surface area contributed by atoms with Gasteiger partial charge in [0.15, 0.2) is 0 Å². The maximum atomic E-state index is 10.9. The lowest BCUT2D eigenvalue weighted by Crippen LogP contribution is -2.37. The summed E-state index contributed by atoms with van der Waals surface area (Å²) < 4.78 is 11.0. The quantitative estimate of drug-likeness (QED) is 0.629. The Morgan fingerprint density at radius 2 is 2.21 bits per heavy atom. The Labute approximate surface area is 111 Å². The smallest absolute Gasteiger partial charge is 0.311 e. The summed E-state index contributed by atoms with van der Waals surface area (Å²) in [6, 6.07) is 4.60. The zero-order valence-corrected chi connectivity index (χ0v) is 10.9. The van der Waals surface area contributed by atoms with Gasteiger partial charge in [-0.2, -0.15) is 0 Å². The van der Waals surface area contributed by atoms with E-state index < -0.39 is 4.92 Å². The molecule has 0 saturated heterocycles. The Balaban J connectivity index is 2.05. The number of hydrogen-bond acceptors (Lipinski definition) is 5. The second-order valence-electron chi connectivity index (χ2n) is 4.63. The molecule has 104 valence electrons. The van der Waals surface area contributed by atoms with Crippen molar-refractivity contribution in [3.8, 4) is 11.5 Å². The van der Waals surface area contributed by atoms with Crippen LogP contribution in [0.2, 0.25) is 0 Å². The summed E-state index contributed by atoms with van der Waals surface area (Å²) in [6.45, 7) is 2.85. The SMILES string of the molecule is CCOc1cc(OC2CC(CN)C2)ccc1[N+](=O)[O-]. The first-order valence-corrected chi connectivity index (χ1v) is 6.42. The molecule has 0 aromatic heterocycles. The molecule has 0 heterocycles. The highest BCUT2D eigenvalue weighted by atomic mass is 16.6. The van der Waals surface area contributed by atoms with Crippen LogP contribution >= 0.6 is 0 Å². The standard InChI is InChI=1S/C13H18N2O4/c1-2-18-13-7-10(3-4-12(13)15(16)17)19-11-5-9(6-11)8-14/h3-4,7,9,11H,2,5-6,8,14H2,1H3. The first-order chi connectivity index (χ1) is 9.13. The molecule has 1 aromatic rings. The minimum Gasteiger partial charge on any atom is -0.490 e. The molecule has 0 spiro atoms. The van der Waals surface area contributed by atoms with Crippen molar-refractivity contribution in [3.05, 3.63) is 28.3 Å². The van der Waals surface area contributed by atoms with Crippen LogP contribution in [-0.4, -0.2) is 24.2 Å². The molecular formula is C13H18N2O4. The maximum absolute atomic E-state index is 10.9. The molecule has 2 rings (SSSR count). The summed E-state index contributed by atoms with van der Waals surface area (Å²) in [5.41, 5.74) is 5.52. The van der Waals surface area contributed by atoms with Gasteiger partial charge in [0.25, 0.3) is 0 Å². The molecule has 1 aliphatic carbocycles. The van der Waals surface area contributed by atoms with Crippen molar-refractivity contribution in [1.29, 1.82) is 0 Å². The van der Waals surface area contributed by atoms with Crippen molar-refractivity contribution in [2.24, 2.45) is 11.7 Å². The second-order valence-corrected chi connectivity index (χ2v) is 4.63. The lowest BCUT2D eigenvalue weighted by atomic mass is 9.82. The average molecular weight is 266 g/mol. The van der Waals surface area contributed by atoms with E-state index in [1.54, 1.807) is 19.1 Å². The molecule has 0 amide bonds. The third-order valence-electron chi connectivity index (χ3n) is 3.26. The molecule has 0 atom stereocenters. The van der Waals surface area contributed by atoms with Gasteiger partial charge in [0.2, 0.25) is 5.75 Å². The van der Waals surface area contributed by atoms with E-state index in [9.17, 15) is 10.1 Å². The van der Waals surface area contributed by atoms with Crippen LogP contribution in [-0.2, 0) is 0 Å². The largest absolute Gasteiger partial charge is 0.490 e.